The zero-order chi connectivity index (χ0) is 43.0. The third-order valence-electron chi connectivity index (χ3n) is 11.9. The summed E-state index contributed by atoms with van der Waals surface area (Å²) in [6, 6.07) is 30.6. The zero-order valence-electron chi connectivity index (χ0n) is 34.4. The summed E-state index contributed by atoms with van der Waals surface area (Å²) in [5.74, 6) is 5.15. The Morgan fingerprint density at radius 3 is 1.29 bits per heavy atom. The lowest BCUT2D eigenvalue weighted by Crippen LogP contribution is -2.54. The average molecular weight is 835 g/mol. The lowest BCUT2D eigenvalue weighted by atomic mass is 10.0. The molecule has 0 aliphatic carbocycles. The van der Waals surface area contributed by atoms with Crippen molar-refractivity contribution >= 4 is 46.8 Å². The lowest BCUT2D eigenvalue weighted by molar-refractivity contribution is -0.143. The third-order valence-corrected chi connectivity index (χ3v) is 11.9. The molecule has 4 aromatic carbocycles. The van der Waals surface area contributed by atoms with Crippen molar-refractivity contribution in [3.63, 3.8) is 0 Å². The summed E-state index contributed by atoms with van der Waals surface area (Å²) < 4.78 is 0. The smallest absolute Gasteiger partial charge is 0.247 e. The van der Waals surface area contributed by atoms with E-state index >= 15 is 0 Å². The molecule has 0 spiro atoms. The summed E-state index contributed by atoms with van der Waals surface area (Å²) in [5.41, 5.74) is 4.23. The van der Waals surface area contributed by atoms with Crippen LogP contribution in [0.1, 0.15) is 60.0 Å². The van der Waals surface area contributed by atoms with Gasteiger partial charge in [0.05, 0.1) is 13.1 Å². The van der Waals surface area contributed by atoms with Gasteiger partial charge in [-0.15, -0.1) is 0 Å². The normalized spacial score (nSPS) is 20.3. The highest BCUT2D eigenvalue weighted by molar-refractivity contribution is 5.99. The van der Waals surface area contributed by atoms with E-state index in [9.17, 15) is 28.8 Å². The summed E-state index contributed by atoms with van der Waals surface area (Å²) in [6.07, 6.45) is 2.48. The molecule has 2 unspecified atom stereocenters. The molecule has 4 aromatic rings. The lowest BCUT2D eigenvalue weighted by Gasteiger charge is -2.37. The number of piperazine rings is 2. The third kappa shape index (κ3) is 9.70. The minimum atomic E-state index is -0.666. The summed E-state index contributed by atoms with van der Waals surface area (Å²) in [5, 5.41) is 11.6. The van der Waals surface area contributed by atoms with E-state index in [1.807, 2.05) is 94.7 Å². The van der Waals surface area contributed by atoms with Gasteiger partial charge in [-0.25, -0.2) is 0 Å². The van der Waals surface area contributed by atoms with Crippen molar-refractivity contribution in [3.8, 4) is 11.8 Å². The van der Waals surface area contributed by atoms with E-state index in [-0.39, 0.29) is 48.5 Å². The molecule has 8 rings (SSSR count). The molecule has 0 bridgehead atoms. The first-order valence-electron chi connectivity index (χ1n) is 21.3. The highest BCUT2D eigenvalue weighted by atomic mass is 16.2. The first-order chi connectivity index (χ1) is 30.2. The van der Waals surface area contributed by atoms with Crippen LogP contribution in [-0.4, -0.2) is 119 Å². The van der Waals surface area contributed by atoms with Crippen LogP contribution in [0.3, 0.4) is 0 Å². The van der Waals surface area contributed by atoms with Crippen LogP contribution in [-0.2, 0) is 28.8 Å². The minimum absolute atomic E-state index is 0.110. The van der Waals surface area contributed by atoms with Crippen LogP contribution in [0, 0.1) is 11.8 Å². The number of nitrogens with one attached hydrogen (secondary N) is 4. The number of benzene rings is 4. The number of rotatable bonds is 10. The number of hydrogen-bond acceptors (Lipinski definition) is 8. The highest BCUT2D eigenvalue weighted by Gasteiger charge is 2.42. The molecule has 14 nitrogen and oxygen atoms in total. The zero-order valence-corrected chi connectivity index (χ0v) is 34.4. The maximum atomic E-state index is 14.1. The van der Waals surface area contributed by atoms with Gasteiger partial charge in [-0.3, -0.25) is 38.6 Å². The second-order valence-electron chi connectivity index (χ2n) is 16.0. The predicted octanol–water partition coefficient (Wildman–Crippen LogP) is 3.29. The first-order valence-corrected chi connectivity index (χ1v) is 21.3. The molecule has 4 aliphatic rings. The van der Waals surface area contributed by atoms with E-state index in [2.05, 4.69) is 33.1 Å². The number of carbonyl (C=O) groups excluding carboxylic acids is 6. The van der Waals surface area contributed by atoms with E-state index in [4.69, 9.17) is 0 Å². The molecule has 4 fully saturated rings. The first kappa shape index (κ1) is 41.9. The Hall–Kier alpha value is -6.82. The van der Waals surface area contributed by atoms with Crippen molar-refractivity contribution < 1.29 is 28.8 Å². The van der Waals surface area contributed by atoms with Gasteiger partial charge in [-0.2, -0.15) is 0 Å². The fourth-order valence-electron chi connectivity index (χ4n) is 8.84. The average Bonchev–Trinajstić information content (AvgIpc) is 4.00. The van der Waals surface area contributed by atoms with Crippen LogP contribution in [0.5, 0.6) is 0 Å². The van der Waals surface area contributed by atoms with Crippen molar-refractivity contribution in [2.24, 2.45) is 0 Å². The van der Waals surface area contributed by atoms with Gasteiger partial charge in [0.15, 0.2) is 0 Å². The molecule has 4 saturated heterocycles. The SMILES string of the molecule is O=C1CN(C(C(=O)N2CCC[C@H]2C(=O)Nc2ccc(C#Cc3ccc(NC(=O)[C@@H]4CCCN4C(=O)C(c4ccccc4)N4CCNC(=O)C4)cc3)cc2)c2ccccc2)CCN1. The molecule has 4 atom stereocenters. The number of nitrogens with zero attached hydrogens (tertiary/aromatic N) is 4. The Morgan fingerprint density at radius 2 is 0.919 bits per heavy atom. The van der Waals surface area contributed by atoms with E-state index < -0.39 is 24.2 Å². The number of amides is 6. The second-order valence-corrected chi connectivity index (χ2v) is 16.0. The van der Waals surface area contributed by atoms with Gasteiger partial charge in [-0.1, -0.05) is 72.5 Å². The Kier molecular flexibility index (Phi) is 13.0. The van der Waals surface area contributed by atoms with Crippen LogP contribution in [0.2, 0.25) is 0 Å². The number of anilines is 2. The minimum Gasteiger partial charge on any atom is -0.354 e. The molecular formula is C48H50N8O6. The molecule has 4 aliphatic heterocycles. The molecule has 318 valence electrons. The quantitative estimate of drug-likeness (QED) is 0.177. The van der Waals surface area contributed by atoms with Crippen molar-refractivity contribution in [1.82, 2.24) is 30.2 Å². The van der Waals surface area contributed by atoms with E-state index in [0.29, 0.717) is 76.3 Å². The van der Waals surface area contributed by atoms with Gasteiger partial charge in [-0.05, 0) is 85.3 Å². The summed E-state index contributed by atoms with van der Waals surface area (Å²) in [4.78, 5) is 87.1. The van der Waals surface area contributed by atoms with Gasteiger partial charge in [0.2, 0.25) is 35.4 Å². The van der Waals surface area contributed by atoms with Crippen LogP contribution in [0.4, 0.5) is 11.4 Å². The Morgan fingerprint density at radius 1 is 0.532 bits per heavy atom. The summed E-state index contributed by atoms with van der Waals surface area (Å²) >= 11 is 0. The molecule has 4 N–H and O–H groups in total. The van der Waals surface area contributed by atoms with Gasteiger partial charge in [0, 0.05) is 61.8 Å². The fraction of sp³-hybridized carbons (Fsp3) is 0.333. The van der Waals surface area contributed by atoms with Crippen molar-refractivity contribution in [2.75, 3.05) is 63.0 Å². The predicted molar refractivity (Wildman–Crippen MR) is 233 cm³/mol. The number of carbonyl (C=O) groups is 6. The van der Waals surface area contributed by atoms with Gasteiger partial charge in [0.25, 0.3) is 0 Å². The fourth-order valence-corrected chi connectivity index (χ4v) is 8.84. The second kappa shape index (κ2) is 19.3. The molecule has 0 radical (unpaired) electrons. The van der Waals surface area contributed by atoms with Crippen molar-refractivity contribution in [1.29, 1.82) is 0 Å². The van der Waals surface area contributed by atoms with Crippen LogP contribution < -0.4 is 21.3 Å². The molecule has 62 heavy (non-hydrogen) atoms. The Bertz CT molecular complexity index is 2180. The molecule has 4 heterocycles. The molecule has 14 heteroatoms. The molecule has 6 amide bonds. The number of hydrogen-bond donors (Lipinski definition) is 4. The van der Waals surface area contributed by atoms with Crippen LogP contribution in [0.15, 0.2) is 109 Å². The van der Waals surface area contributed by atoms with E-state index in [0.717, 1.165) is 22.3 Å². The standard InChI is InChI=1S/C48H50N8O6/c57-41-31-53(29-25-49-41)43(35-9-3-1-4-10-35)47(61)55-27-7-13-39(55)45(59)51-37-21-17-33(18-22-37)15-16-34-19-23-38(24-20-34)52-46(60)40-14-8-28-56(40)48(62)44(36-11-5-2-6-12-36)54-30-26-50-42(58)32-54/h1-6,9-12,17-24,39-40,43-44H,7-8,13-14,25-32H2,(H,49,57)(H,50,58)(H,51,59)(H,52,60)/t39-,40-,43?,44?/m0/s1. The van der Waals surface area contributed by atoms with Gasteiger partial charge in [0.1, 0.15) is 24.2 Å². The molecular weight excluding hydrogens is 785 g/mol. The van der Waals surface area contributed by atoms with Crippen molar-refractivity contribution in [2.45, 2.75) is 49.9 Å². The monoisotopic (exact) mass is 834 g/mol. The maximum Gasteiger partial charge on any atom is 0.247 e. The Balaban J connectivity index is 0.864. The van der Waals surface area contributed by atoms with Gasteiger partial charge < -0.3 is 31.1 Å². The van der Waals surface area contributed by atoms with Crippen molar-refractivity contribution in [3.05, 3.63) is 131 Å². The summed E-state index contributed by atoms with van der Waals surface area (Å²) in [6.45, 7) is 3.12. The largest absolute Gasteiger partial charge is 0.354 e. The maximum absolute atomic E-state index is 14.1. The summed E-state index contributed by atoms with van der Waals surface area (Å²) in [7, 11) is 0. The van der Waals surface area contributed by atoms with Gasteiger partial charge >= 0.3 is 0 Å². The number of likely N-dealkylation sites (tertiary alicyclic amines) is 2. The van der Waals surface area contributed by atoms with E-state index in [1.54, 1.807) is 34.1 Å². The van der Waals surface area contributed by atoms with E-state index in [1.165, 1.54) is 0 Å². The highest BCUT2D eigenvalue weighted by Crippen LogP contribution is 2.31. The Labute approximate surface area is 361 Å². The molecule has 0 saturated carbocycles. The topological polar surface area (TPSA) is 163 Å². The van der Waals surface area contributed by atoms with Crippen LogP contribution >= 0.6 is 0 Å². The molecule has 0 aromatic heterocycles. The van der Waals surface area contributed by atoms with Crippen LogP contribution in [0.25, 0.3) is 0 Å².